The van der Waals surface area contributed by atoms with E-state index >= 15 is 0 Å². The first kappa shape index (κ1) is 24.2. The molecule has 0 amide bonds. The van der Waals surface area contributed by atoms with Crippen LogP contribution in [0, 0.1) is 0 Å². The zero-order chi connectivity index (χ0) is 22.4. The Morgan fingerprint density at radius 1 is 1.06 bits per heavy atom. The Bertz CT molecular complexity index is 924. The highest BCUT2D eigenvalue weighted by Gasteiger charge is 2.31. The smallest absolute Gasteiger partial charge is 0.243 e. The lowest BCUT2D eigenvalue weighted by molar-refractivity contribution is 0.268. The molecule has 170 valence electrons. The van der Waals surface area contributed by atoms with Crippen molar-refractivity contribution in [2.75, 3.05) is 20.2 Å². The lowest BCUT2D eigenvalue weighted by Crippen LogP contribution is -2.39. The van der Waals surface area contributed by atoms with Crippen LogP contribution >= 0.6 is 11.6 Å². The van der Waals surface area contributed by atoms with E-state index in [-0.39, 0.29) is 18.7 Å². The van der Waals surface area contributed by atoms with E-state index in [1.165, 1.54) is 15.4 Å². The lowest BCUT2D eigenvalue weighted by atomic mass is 9.81. The van der Waals surface area contributed by atoms with Gasteiger partial charge in [0.05, 0.1) is 4.90 Å². The number of aliphatic hydroxyl groups is 1. The lowest BCUT2D eigenvalue weighted by Gasteiger charge is -2.34. The SMILES string of the molecule is CC(NCCCO)c1ccc(C2CCC(N(C)S(=O)(=O)c3ccc(Cl)cc3)CC2)cc1. The van der Waals surface area contributed by atoms with E-state index in [1.807, 2.05) is 0 Å². The quantitative estimate of drug-likeness (QED) is 0.527. The Balaban J connectivity index is 1.57. The molecule has 0 aromatic heterocycles. The molecule has 3 rings (SSSR count). The normalized spacial score (nSPS) is 20.7. The van der Waals surface area contributed by atoms with Gasteiger partial charge in [-0.25, -0.2) is 8.42 Å². The van der Waals surface area contributed by atoms with Crippen LogP contribution in [0.2, 0.25) is 5.02 Å². The van der Waals surface area contributed by atoms with E-state index in [0.717, 1.165) is 38.6 Å². The molecule has 1 unspecified atom stereocenters. The molecular weight excluding hydrogens is 432 g/mol. The molecular formula is C24H33ClN2O3S. The van der Waals surface area contributed by atoms with Gasteiger partial charge in [-0.3, -0.25) is 0 Å². The third-order valence-corrected chi connectivity index (χ3v) is 8.57. The highest BCUT2D eigenvalue weighted by Crippen LogP contribution is 2.36. The van der Waals surface area contributed by atoms with E-state index in [1.54, 1.807) is 31.3 Å². The number of nitrogens with one attached hydrogen (secondary N) is 1. The summed E-state index contributed by atoms with van der Waals surface area (Å²) in [4.78, 5) is 0.291. The molecule has 2 N–H and O–H groups in total. The van der Waals surface area contributed by atoms with Crippen molar-refractivity contribution < 1.29 is 13.5 Å². The maximum atomic E-state index is 13.0. The fourth-order valence-electron chi connectivity index (χ4n) is 4.31. The van der Waals surface area contributed by atoms with Gasteiger partial charge in [-0.1, -0.05) is 35.9 Å². The molecule has 7 heteroatoms. The Hall–Kier alpha value is -1.44. The molecule has 5 nitrogen and oxygen atoms in total. The van der Waals surface area contributed by atoms with Crippen LogP contribution in [-0.4, -0.2) is 44.1 Å². The van der Waals surface area contributed by atoms with Crippen molar-refractivity contribution in [3.63, 3.8) is 0 Å². The van der Waals surface area contributed by atoms with Gasteiger partial charge in [0.2, 0.25) is 10.0 Å². The van der Waals surface area contributed by atoms with E-state index in [0.29, 0.717) is 15.8 Å². The van der Waals surface area contributed by atoms with Crippen molar-refractivity contribution in [3.8, 4) is 0 Å². The first-order valence-corrected chi connectivity index (χ1v) is 12.8. The van der Waals surface area contributed by atoms with Crippen LogP contribution in [0.5, 0.6) is 0 Å². The molecule has 0 radical (unpaired) electrons. The van der Waals surface area contributed by atoms with Crippen LogP contribution in [0.3, 0.4) is 0 Å². The summed E-state index contributed by atoms with van der Waals surface area (Å²) in [5.41, 5.74) is 2.57. The van der Waals surface area contributed by atoms with Gasteiger partial charge in [-0.2, -0.15) is 4.31 Å². The van der Waals surface area contributed by atoms with Crippen molar-refractivity contribution in [2.45, 2.75) is 61.9 Å². The molecule has 0 aliphatic heterocycles. The van der Waals surface area contributed by atoms with E-state index in [9.17, 15) is 8.42 Å². The Morgan fingerprint density at radius 2 is 1.68 bits per heavy atom. The predicted molar refractivity (Wildman–Crippen MR) is 126 cm³/mol. The van der Waals surface area contributed by atoms with Crippen molar-refractivity contribution in [3.05, 3.63) is 64.7 Å². The topological polar surface area (TPSA) is 69.6 Å². The molecule has 0 saturated heterocycles. The molecule has 0 bridgehead atoms. The van der Waals surface area contributed by atoms with Crippen molar-refractivity contribution in [2.24, 2.45) is 0 Å². The predicted octanol–water partition coefficient (Wildman–Crippen LogP) is 4.72. The number of halogens is 1. The van der Waals surface area contributed by atoms with Crippen LogP contribution in [0.1, 0.15) is 62.1 Å². The Morgan fingerprint density at radius 3 is 2.26 bits per heavy atom. The fourth-order valence-corrected chi connectivity index (χ4v) is 5.86. The van der Waals surface area contributed by atoms with E-state index < -0.39 is 10.0 Å². The minimum absolute atomic E-state index is 0.0203. The van der Waals surface area contributed by atoms with Crippen molar-refractivity contribution in [1.82, 2.24) is 9.62 Å². The maximum absolute atomic E-state index is 13.0. The minimum Gasteiger partial charge on any atom is -0.396 e. The van der Waals surface area contributed by atoms with Gasteiger partial charge >= 0.3 is 0 Å². The number of aliphatic hydroxyl groups excluding tert-OH is 1. The number of nitrogens with zero attached hydrogens (tertiary/aromatic N) is 1. The molecule has 2 aromatic rings. The molecule has 1 atom stereocenters. The second kappa shape index (κ2) is 10.9. The van der Waals surface area contributed by atoms with Crippen LogP contribution in [-0.2, 0) is 10.0 Å². The first-order chi connectivity index (χ1) is 14.8. The third-order valence-electron chi connectivity index (χ3n) is 6.39. The summed E-state index contributed by atoms with van der Waals surface area (Å²) >= 11 is 5.90. The number of hydrogen-bond acceptors (Lipinski definition) is 4. The van der Waals surface area contributed by atoms with Crippen LogP contribution < -0.4 is 5.32 Å². The average molecular weight is 465 g/mol. The second-order valence-corrected chi connectivity index (χ2v) is 10.8. The first-order valence-electron chi connectivity index (χ1n) is 11.0. The van der Waals surface area contributed by atoms with E-state index in [4.69, 9.17) is 16.7 Å². The van der Waals surface area contributed by atoms with Gasteiger partial charge in [0, 0.05) is 30.8 Å². The fraction of sp³-hybridized carbons (Fsp3) is 0.500. The Labute approximate surface area is 191 Å². The second-order valence-electron chi connectivity index (χ2n) is 8.40. The van der Waals surface area contributed by atoms with Crippen molar-refractivity contribution in [1.29, 1.82) is 0 Å². The molecule has 2 aromatic carbocycles. The zero-order valence-corrected chi connectivity index (χ0v) is 19.9. The number of rotatable bonds is 9. The maximum Gasteiger partial charge on any atom is 0.243 e. The van der Waals surface area contributed by atoms with Crippen LogP contribution in [0.25, 0.3) is 0 Å². The minimum atomic E-state index is -3.51. The summed E-state index contributed by atoms with van der Waals surface area (Å²) in [7, 11) is -1.82. The molecule has 0 heterocycles. The van der Waals surface area contributed by atoms with E-state index in [2.05, 4.69) is 36.5 Å². The van der Waals surface area contributed by atoms with Gasteiger partial charge < -0.3 is 10.4 Å². The van der Waals surface area contributed by atoms with Gasteiger partial charge in [0.1, 0.15) is 0 Å². The molecule has 1 aliphatic rings. The van der Waals surface area contributed by atoms with Gasteiger partial charge in [0.25, 0.3) is 0 Å². The van der Waals surface area contributed by atoms with Gasteiger partial charge in [-0.05, 0) is 86.9 Å². The summed E-state index contributed by atoms with van der Waals surface area (Å²) in [6.07, 6.45) is 4.43. The largest absolute Gasteiger partial charge is 0.396 e. The number of hydrogen-bond donors (Lipinski definition) is 2. The zero-order valence-electron chi connectivity index (χ0n) is 18.3. The van der Waals surface area contributed by atoms with Crippen molar-refractivity contribution >= 4 is 21.6 Å². The summed E-state index contributed by atoms with van der Waals surface area (Å²) in [6, 6.07) is 15.4. The van der Waals surface area contributed by atoms with Crippen LogP contribution in [0.15, 0.2) is 53.4 Å². The molecule has 0 spiro atoms. The summed E-state index contributed by atoms with van der Waals surface area (Å²) in [5, 5.41) is 12.9. The molecule has 31 heavy (non-hydrogen) atoms. The highest BCUT2D eigenvalue weighted by atomic mass is 35.5. The number of benzene rings is 2. The van der Waals surface area contributed by atoms with Gasteiger partial charge in [0.15, 0.2) is 0 Å². The molecule has 1 saturated carbocycles. The average Bonchev–Trinajstić information content (AvgIpc) is 2.79. The highest BCUT2D eigenvalue weighted by molar-refractivity contribution is 7.89. The van der Waals surface area contributed by atoms with Gasteiger partial charge in [-0.15, -0.1) is 0 Å². The molecule has 1 fully saturated rings. The summed E-state index contributed by atoms with van der Waals surface area (Å²) < 4.78 is 27.4. The monoisotopic (exact) mass is 464 g/mol. The third kappa shape index (κ3) is 6.08. The summed E-state index contributed by atoms with van der Waals surface area (Å²) in [5.74, 6) is 0.467. The van der Waals surface area contributed by atoms with Crippen LogP contribution in [0.4, 0.5) is 0 Å². The Kier molecular flexibility index (Phi) is 8.53. The summed E-state index contributed by atoms with van der Waals surface area (Å²) in [6.45, 7) is 3.14. The molecule has 1 aliphatic carbocycles. The number of sulfonamides is 1. The standard InChI is InChI=1S/C24H33ClN2O3S/c1-18(26-16-3-17-28)19-4-6-20(7-5-19)21-8-12-23(13-9-21)27(2)31(29,30)24-14-10-22(25)11-15-24/h4-7,10-11,14-15,18,21,23,26,28H,3,8-9,12-13,16-17H2,1-2H3.